The number of benzene rings is 1. The number of aliphatic hydroxyl groups is 1. The summed E-state index contributed by atoms with van der Waals surface area (Å²) in [6, 6.07) is 10.4. The van der Waals surface area contributed by atoms with Gasteiger partial charge in [0.25, 0.3) is 0 Å². The minimum absolute atomic E-state index is 0.0349. The maximum Gasteiger partial charge on any atom is 0.119 e. The van der Waals surface area contributed by atoms with Gasteiger partial charge in [0.1, 0.15) is 12.4 Å². The highest BCUT2D eigenvalue weighted by Gasteiger charge is 2.29. The Morgan fingerprint density at radius 1 is 1.30 bits per heavy atom. The number of nitrogens with zero attached hydrogens (tertiary/aromatic N) is 2. The van der Waals surface area contributed by atoms with Crippen molar-refractivity contribution in [2.24, 2.45) is 5.41 Å². The minimum Gasteiger partial charge on any atom is -0.491 e. The zero-order valence-electron chi connectivity index (χ0n) is 12.0. The Morgan fingerprint density at radius 3 is 2.50 bits per heavy atom. The average Bonchev–Trinajstić information content (AvgIpc) is 2.49. The van der Waals surface area contributed by atoms with Gasteiger partial charge in [-0.15, -0.1) is 0 Å². The Kier molecular flexibility index (Phi) is 4.99. The van der Waals surface area contributed by atoms with E-state index in [9.17, 15) is 0 Å². The lowest BCUT2D eigenvalue weighted by Gasteiger charge is -2.34. The van der Waals surface area contributed by atoms with E-state index in [-0.39, 0.29) is 12.0 Å². The zero-order chi connectivity index (χ0) is 14.4. The highest BCUT2D eigenvalue weighted by Crippen LogP contribution is 2.30. The molecule has 1 aromatic carbocycles. The minimum atomic E-state index is -0.140. The molecule has 0 amide bonds. The second-order valence-corrected chi connectivity index (χ2v) is 5.66. The molecule has 1 N–H and O–H groups in total. The number of aliphatic hydroxyl groups excluding tert-OH is 1. The molecule has 1 aliphatic heterocycles. The zero-order valence-corrected chi connectivity index (χ0v) is 12.0. The maximum absolute atomic E-state index is 9.13. The third-order valence-corrected chi connectivity index (χ3v) is 3.92. The number of nitriles is 1. The van der Waals surface area contributed by atoms with Gasteiger partial charge in [0, 0.05) is 6.54 Å². The molecule has 1 heterocycles. The summed E-state index contributed by atoms with van der Waals surface area (Å²) in [5, 5.41) is 17.8. The van der Waals surface area contributed by atoms with Crippen molar-refractivity contribution < 1.29 is 9.84 Å². The van der Waals surface area contributed by atoms with Crippen LogP contribution in [0.15, 0.2) is 24.3 Å². The van der Waals surface area contributed by atoms with Crippen molar-refractivity contribution >= 4 is 0 Å². The van der Waals surface area contributed by atoms with Crippen LogP contribution in [0, 0.1) is 16.7 Å². The quantitative estimate of drug-likeness (QED) is 0.894. The molecule has 0 atom stereocenters. The van der Waals surface area contributed by atoms with Crippen molar-refractivity contribution in [2.45, 2.75) is 26.3 Å². The number of rotatable bonds is 5. The number of hydrogen-bond acceptors (Lipinski definition) is 4. The summed E-state index contributed by atoms with van der Waals surface area (Å²) in [6.07, 6.45) is 1.89. The Bertz CT molecular complexity index is 456. The third-order valence-electron chi connectivity index (χ3n) is 3.92. The van der Waals surface area contributed by atoms with E-state index in [0.29, 0.717) is 6.61 Å². The van der Waals surface area contributed by atoms with Crippen LogP contribution in [0.2, 0.25) is 0 Å². The molecule has 0 spiro atoms. The lowest BCUT2D eigenvalue weighted by molar-refractivity contribution is 0.150. The lowest BCUT2D eigenvalue weighted by Crippen LogP contribution is -2.37. The van der Waals surface area contributed by atoms with E-state index in [1.165, 1.54) is 5.56 Å². The highest BCUT2D eigenvalue weighted by molar-refractivity contribution is 5.27. The van der Waals surface area contributed by atoms with Crippen molar-refractivity contribution in [1.29, 1.82) is 5.26 Å². The van der Waals surface area contributed by atoms with Crippen LogP contribution < -0.4 is 4.74 Å². The molecular weight excluding hydrogens is 252 g/mol. The van der Waals surface area contributed by atoms with Crippen molar-refractivity contribution in [3.63, 3.8) is 0 Å². The second kappa shape index (κ2) is 6.74. The van der Waals surface area contributed by atoms with Gasteiger partial charge >= 0.3 is 0 Å². The van der Waals surface area contributed by atoms with E-state index >= 15 is 0 Å². The number of hydrogen-bond donors (Lipinski definition) is 1. The monoisotopic (exact) mass is 274 g/mol. The fourth-order valence-electron chi connectivity index (χ4n) is 2.43. The first-order chi connectivity index (χ1) is 9.65. The molecule has 1 aromatic rings. The summed E-state index contributed by atoms with van der Waals surface area (Å²) < 4.78 is 5.34. The SMILES string of the molecule is CC1(C#N)CCN(Cc2ccc(OCCO)cc2)CC1. The molecule has 2 rings (SSSR count). The Labute approximate surface area is 120 Å². The van der Waals surface area contributed by atoms with E-state index in [4.69, 9.17) is 15.1 Å². The van der Waals surface area contributed by atoms with E-state index in [1.807, 2.05) is 12.1 Å². The smallest absolute Gasteiger partial charge is 0.119 e. The first-order valence-corrected chi connectivity index (χ1v) is 7.11. The van der Waals surface area contributed by atoms with E-state index in [1.54, 1.807) is 0 Å². The fourth-order valence-corrected chi connectivity index (χ4v) is 2.43. The van der Waals surface area contributed by atoms with Gasteiger partial charge in [-0.05, 0) is 50.6 Å². The molecule has 0 saturated carbocycles. The summed E-state index contributed by atoms with van der Waals surface area (Å²) >= 11 is 0. The molecule has 0 radical (unpaired) electrons. The number of likely N-dealkylation sites (tertiary alicyclic amines) is 1. The van der Waals surface area contributed by atoms with Crippen molar-refractivity contribution in [3.05, 3.63) is 29.8 Å². The van der Waals surface area contributed by atoms with Gasteiger partial charge in [-0.3, -0.25) is 4.90 Å². The molecule has 20 heavy (non-hydrogen) atoms. The summed E-state index contributed by atoms with van der Waals surface area (Å²) in [6.45, 7) is 5.30. The van der Waals surface area contributed by atoms with E-state index in [2.05, 4.69) is 30.0 Å². The molecular formula is C16H22N2O2. The fraction of sp³-hybridized carbons (Fsp3) is 0.562. The average molecular weight is 274 g/mol. The first-order valence-electron chi connectivity index (χ1n) is 7.11. The van der Waals surface area contributed by atoms with Gasteiger partial charge in [-0.2, -0.15) is 5.26 Å². The summed E-state index contributed by atoms with van der Waals surface area (Å²) in [5.41, 5.74) is 1.11. The predicted molar refractivity (Wildman–Crippen MR) is 77.3 cm³/mol. The van der Waals surface area contributed by atoms with Gasteiger partial charge in [-0.1, -0.05) is 12.1 Å². The Balaban J connectivity index is 1.84. The normalized spacial score (nSPS) is 18.4. The molecule has 4 heteroatoms. The Morgan fingerprint density at radius 2 is 1.95 bits per heavy atom. The van der Waals surface area contributed by atoms with Gasteiger partial charge in [0.15, 0.2) is 0 Å². The maximum atomic E-state index is 9.13. The van der Waals surface area contributed by atoms with Crippen molar-refractivity contribution in [1.82, 2.24) is 4.90 Å². The molecule has 0 aliphatic carbocycles. The van der Waals surface area contributed by atoms with Gasteiger partial charge in [0.2, 0.25) is 0 Å². The molecule has 1 aliphatic rings. The molecule has 108 valence electrons. The summed E-state index contributed by atoms with van der Waals surface area (Å²) in [5.74, 6) is 0.790. The van der Waals surface area contributed by atoms with Gasteiger partial charge in [-0.25, -0.2) is 0 Å². The molecule has 0 unspecified atom stereocenters. The summed E-state index contributed by atoms with van der Waals surface area (Å²) in [4.78, 5) is 2.39. The third kappa shape index (κ3) is 3.96. The van der Waals surface area contributed by atoms with Crippen LogP contribution in [-0.4, -0.2) is 36.3 Å². The predicted octanol–water partition coefficient (Wildman–Crippen LogP) is 2.18. The standard InChI is InChI=1S/C16H22N2O2/c1-16(13-17)6-8-18(9-7-16)12-14-2-4-15(5-3-14)20-11-10-19/h2-5,19H,6-12H2,1H3. The molecule has 4 nitrogen and oxygen atoms in total. The van der Waals surface area contributed by atoms with Crippen LogP contribution in [0.5, 0.6) is 5.75 Å². The lowest BCUT2D eigenvalue weighted by atomic mass is 9.82. The number of piperidine rings is 1. The van der Waals surface area contributed by atoms with Crippen molar-refractivity contribution in [2.75, 3.05) is 26.3 Å². The first kappa shape index (κ1) is 14.8. The molecule has 1 fully saturated rings. The second-order valence-electron chi connectivity index (χ2n) is 5.66. The van der Waals surface area contributed by atoms with E-state index in [0.717, 1.165) is 38.2 Å². The van der Waals surface area contributed by atoms with Gasteiger partial charge in [0.05, 0.1) is 18.1 Å². The summed E-state index contributed by atoms with van der Waals surface area (Å²) in [7, 11) is 0. The highest BCUT2D eigenvalue weighted by atomic mass is 16.5. The van der Waals surface area contributed by atoms with Crippen LogP contribution in [0.4, 0.5) is 0 Å². The van der Waals surface area contributed by atoms with Crippen LogP contribution in [0.25, 0.3) is 0 Å². The topological polar surface area (TPSA) is 56.5 Å². The number of ether oxygens (including phenoxy) is 1. The molecule has 0 bridgehead atoms. The Hall–Kier alpha value is -1.57. The largest absolute Gasteiger partial charge is 0.491 e. The van der Waals surface area contributed by atoms with Crippen molar-refractivity contribution in [3.8, 4) is 11.8 Å². The molecule has 1 saturated heterocycles. The van der Waals surface area contributed by atoms with Crippen LogP contribution in [0.1, 0.15) is 25.3 Å². The van der Waals surface area contributed by atoms with Gasteiger partial charge < -0.3 is 9.84 Å². The van der Waals surface area contributed by atoms with Crippen LogP contribution in [-0.2, 0) is 6.54 Å². The van der Waals surface area contributed by atoms with Crippen LogP contribution in [0.3, 0.4) is 0 Å². The van der Waals surface area contributed by atoms with Crippen LogP contribution >= 0.6 is 0 Å². The molecule has 0 aromatic heterocycles. The van der Waals surface area contributed by atoms with E-state index < -0.39 is 0 Å².